The summed E-state index contributed by atoms with van der Waals surface area (Å²) in [6.07, 6.45) is 0.618. The lowest BCUT2D eigenvalue weighted by Gasteiger charge is -2.08. The van der Waals surface area contributed by atoms with E-state index in [4.69, 9.17) is 9.84 Å². The largest absolute Gasteiger partial charge is 0.478 e. The number of rotatable bonds is 7. The van der Waals surface area contributed by atoms with Gasteiger partial charge >= 0.3 is 5.97 Å². The third-order valence-corrected chi connectivity index (χ3v) is 2.46. The molecule has 104 valence electrons. The fraction of sp³-hybridized carbons (Fsp3) is 0.429. The predicted octanol–water partition coefficient (Wildman–Crippen LogP) is 1.47. The second-order valence-electron chi connectivity index (χ2n) is 4.47. The summed E-state index contributed by atoms with van der Waals surface area (Å²) in [5.74, 6) is -1.11. The molecule has 2 N–H and O–H groups in total. The van der Waals surface area contributed by atoms with Gasteiger partial charge in [0.25, 0.3) is 0 Å². The zero-order valence-electron chi connectivity index (χ0n) is 11.2. The van der Waals surface area contributed by atoms with Crippen LogP contribution in [0.2, 0.25) is 0 Å². The minimum atomic E-state index is -0.948. The van der Waals surface area contributed by atoms with Crippen molar-refractivity contribution in [3.05, 3.63) is 35.4 Å². The lowest BCUT2D eigenvalue weighted by atomic mass is 10.1. The van der Waals surface area contributed by atoms with Crippen LogP contribution in [0.25, 0.3) is 0 Å². The predicted molar refractivity (Wildman–Crippen MR) is 71.2 cm³/mol. The molecule has 5 heteroatoms. The Morgan fingerprint density at radius 1 is 1.37 bits per heavy atom. The highest BCUT2D eigenvalue weighted by Crippen LogP contribution is 2.05. The number of carboxylic acid groups (broad SMARTS) is 1. The molecule has 0 aliphatic rings. The highest BCUT2D eigenvalue weighted by molar-refractivity contribution is 5.87. The maximum absolute atomic E-state index is 11.4. The fourth-order valence-electron chi connectivity index (χ4n) is 1.50. The summed E-state index contributed by atoms with van der Waals surface area (Å²) in [5, 5.41) is 11.6. The van der Waals surface area contributed by atoms with Crippen molar-refractivity contribution in [3.63, 3.8) is 0 Å². The van der Waals surface area contributed by atoms with Crippen LogP contribution in [0, 0.1) is 0 Å². The second-order valence-corrected chi connectivity index (χ2v) is 4.47. The van der Waals surface area contributed by atoms with Crippen LogP contribution in [-0.4, -0.2) is 36.2 Å². The second kappa shape index (κ2) is 7.53. The van der Waals surface area contributed by atoms with Gasteiger partial charge in [-0.3, -0.25) is 4.79 Å². The molecule has 0 fully saturated rings. The van der Waals surface area contributed by atoms with Crippen molar-refractivity contribution in [2.75, 3.05) is 13.2 Å². The van der Waals surface area contributed by atoms with Crippen molar-refractivity contribution >= 4 is 11.9 Å². The zero-order valence-corrected chi connectivity index (χ0v) is 11.2. The van der Waals surface area contributed by atoms with E-state index in [1.54, 1.807) is 18.2 Å². The van der Waals surface area contributed by atoms with Gasteiger partial charge in [0, 0.05) is 6.54 Å². The third-order valence-electron chi connectivity index (χ3n) is 2.46. The summed E-state index contributed by atoms with van der Waals surface area (Å²) in [6, 6.07) is 6.69. The smallest absolute Gasteiger partial charge is 0.335 e. The lowest BCUT2D eigenvalue weighted by Crippen LogP contribution is -2.30. The SMILES string of the molecule is CC(C)OCC(=O)NCCc1cccc(C(=O)O)c1. The summed E-state index contributed by atoms with van der Waals surface area (Å²) in [7, 11) is 0. The molecule has 0 bridgehead atoms. The van der Waals surface area contributed by atoms with Gasteiger partial charge in [0.2, 0.25) is 5.91 Å². The summed E-state index contributed by atoms with van der Waals surface area (Å²) in [6.45, 7) is 4.24. The van der Waals surface area contributed by atoms with Crippen LogP contribution in [0.15, 0.2) is 24.3 Å². The van der Waals surface area contributed by atoms with Crippen molar-refractivity contribution in [2.24, 2.45) is 0 Å². The van der Waals surface area contributed by atoms with Gasteiger partial charge in [-0.1, -0.05) is 12.1 Å². The molecule has 1 rings (SSSR count). The summed E-state index contributed by atoms with van der Waals surface area (Å²) in [5.41, 5.74) is 1.14. The molecule has 0 saturated heterocycles. The molecular formula is C14H19NO4. The topological polar surface area (TPSA) is 75.6 Å². The van der Waals surface area contributed by atoms with Gasteiger partial charge in [-0.25, -0.2) is 4.79 Å². The monoisotopic (exact) mass is 265 g/mol. The zero-order chi connectivity index (χ0) is 14.3. The number of amides is 1. The first-order valence-electron chi connectivity index (χ1n) is 6.19. The molecule has 0 aliphatic carbocycles. The van der Waals surface area contributed by atoms with E-state index < -0.39 is 5.97 Å². The maximum atomic E-state index is 11.4. The van der Waals surface area contributed by atoms with Gasteiger partial charge in [-0.15, -0.1) is 0 Å². The van der Waals surface area contributed by atoms with Crippen molar-refractivity contribution in [2.45, 2.75) is 26.4 Å². The van der Waals surface area contributed by atoms with Crippen LogP contribution in [0.4, 0.5) is 0 Å². The minimum absolute atomic E-state index is 0.0259. The molecule has 0 saturated carbocycles. The van der Waals surface area contributed by atoms with Gasteiger partial charge < -0.3 is 15.2 Å². The van der Waals surface area contributed by atoms with Gasteiger partial charge in [-0.2, -0.15) is 0 Å². The minimum Gasteiger partial charge on any atom is -0.478 e. The quantitative estimate of drug-likeness (QED) is 0.782. The highest BCUT2D eigenvalue weighted by Gasteiger charge is 2.05. The number of hydrogen-bond donors (Lipinski definition) is 2. The normalized spacial score (nSPS) is 10.5. The Bertz CT molecular complexity index is 443. The number of hydrogen-bond acceptors (Lipinski definition) is 3. The van der Waals surface area contributed by atoms with E-state index >= 15 is 0 Å². The highest BCUT2D eigenvalue weighted by atomic mass is 16.5. The van der Waals surface area contributed by atoms with Crippen LogP contribution in [0.1, 0.15) is 29.8 Å². The maximum Gasteiger partial charge on any atom is 0.335 e. The number of nitrogens with one attached hydrogen (secondary N) is 1. The number of carbonyl (C=O) groups is 2. The molecule has 5 nitrogen and oxygen atoms in total. The van der Waals surface area contributed by atoms with Crippen LogP contribution < -0.4 is 5.32 Å². The van der Waals surface area contributed by atoms with Gasteiger partial charge in [0.1, 0.15) is 6.61 Å². The first-order chi connectivity index (χ1) is 8.99. The molecule has 0 spiro atoms. The lowest BCUT2D eigenvalue weighted by molar-refractivity contribution is -0.127. The van der Waals surface area contributed by atoms with E-state index in [1.165, 1.54) is 0 Å². The van der Waals surface area contributed by atoms with Crippen LogP contribution in [0.3, 0.4) is 0 Å². The number of ether oxygens (including phenoxy) is 1. The van der Waals surface area contributed by atoms with Gasteiger partial charge in [-0.05, 0) is 38.0 Å². The number of benzene rings is 1. The fourth-order valence-corrected chi connectivity index (χ4v) is 1.50. The molecule has 0 aromatic heterocycles. The molecule has 1 aromatic carbocycles. The Balaban J connectivity index is 2.35. The Morgan fingerprint density at radius 2 is 2.11 bits per heavy atom. The average molecular weight is 265 g/mol. The molecule has 0 atom stereocenters. The molecule has 19 heavy (non-hydrogen) atoms. The summed E-state index contributed by atoms with van der Waals surface area (Å²) < 4.78 is 5.17. The third kappa shape index (κ3) is 6.01. The molecular weight excluding hydrogens is 246 g/mol. The standard InChI is InChI=1S/C14H19NO4/c1-10(2)19-9-13(16)15-7-6-11-4-3-5-12(8-11)14(17)18/h3-5,8,10H,6-7,9H2,1-2H3,(H,15,16)(H,17,18). The Kier molecular flexibility index (Phi) is 6.02. The van der Waals surface area contributed by atoms with E-state index in [2.05, 4.69) is 5.32 Å². The molecule has 0 radical (unpaired) electrons. The number of aromatic carboxylic acids is 1. The van der Waals surface area contributed by atoms with E-state index in [-0.39, 0.29) is 24.2 Å². The molecule has 0 unspecified atom stereocenters. The first kappa shape index (κ1) is 15.2. The first-order valence-corrected chi connectivity index (χ1v) is 6.19. The van der Waals surface area contributed by atoms with Crippen LogP contribution in [-0.2, 0) is 16.0 Å². The van der Waals surface area contributed by atoms with Crippen LogP contribution >= 0.6 is 0 Å². The van der Waals surface area contributed by atoms with E-state index in [0.717, 1.165) is 5.56 Å². The number of carbonyl (C=O) groups excluding carboxylic acids is 1. The van der Waals surface area contributed by atoms with Crippen molar-refractivity contribution in [3.8, 4) is 0 Å². The molecule has 1 amide bonds. The Hall–Kier alpha value is -1.88. The van der Waals surface area contributed by atoms with E-state index in [0.29, 0.717) is 13.0 Å². The van der Waals surface area contributed by atoms with Gasteiger partial charge in [0.15, 0.2) is 0 Å². The summed E-state index contributed by atoms with van der Waals surface area (Å²) in [4.78, 5) is 22.2. The van der Waals surface area contributed by atoms with Crippen molar-refractivity contribution in [1.82, 2.24) is 5.32 Å². The Morgan fingerprint density at radius 3 is 2.74 bits per heavy atom. The Labute approximate surface area is 112 Å². The molecule has 0 aliphatic heterocycles. The number of carboxylic acids is 1. The van der Waals surface area contributed by atoms with E-state index in [9.17, 15) is 9.59 Å². The van der Waals surface area contributed by atoms with Crippen LogP contribution in [0.5, 0.6) is 0 Å². The van der Waals surface area contributed by atoms with Gasteiger partial charge in [0.05, 0.1) is 11.7 Å². The molecule has 1 aromatic rings. The van der Waals surface area contributed by atoms with Crippen molar-refractivity contribution in [1.29, 1.82) is 0 Å². The van der Waals surface area contributed by atoms with Crippen molar-refractivity contribution < 1.29 is 19.4 Å². The average Bonchev–Trinajstić information content (AvgIpc) is 2.36. The molecule has 0 heterocycles. The van der Waals surface area contributed by atoms with E-state index in [1.807, 2.05) is 19.9 Å². The summed E-state index contributed by atoms with van der Waals surface area (Å²) >= 11 is 0.